The second kappa shape index (κ2) is 13.8. The molecule has 7 nitrogen and oxygen atoms in total. The van der Waals surface area contributed by atoms with Crippen molar-refractivity contribution in [3.63, 3.8) is 0 Å². The van der Waals surface area contributed by atoms with Crippen LogP contribution in [0, 0.1) is 0 Å². The van der Waals surface area contributed by atoms with Gasteiger partial charge in [-0.25, -0.2) is 0 Å². The van der Waals surface area contributed by atoms with Crippen LogP contribution in [0.1, 0.15) is 30.9 Å². The van der Waals surface area contributed by atoms with Crippen LogP contribution in [0.5, 0.6) is 17.2 Å². The molecule has 0 aromatic heterocycles. The van der Waals surface area contributed by atoms with Gasteiger partial charge >= 0.3 is 0 Å². The summed E-state index contributed by atoms with van der Waals surface area (Å²) < 4.78 is 15.0. The predicted molar refractivity (Wildman–Crippen MR) is 157 cm³/mol. The fraction of sp³-hybridized carbons (Fsp3) is 0.346. The molecule has 3 rings (SSSR count). The molecule has 1 aliphatic heterocycles. The topological polar surface area (TPSA) is 77.1 Å². The van der Waals surface area contributed by atoms with E-state index in [0.717, 1.165) is 11.1 Å². The molecule has 0 spiro atoms. The van der Waals surface area contributed by atoms with Crippen LogP contribution < -0.4 is 19.5 Å². The highest BCUT2D eigenvalue weighted by atomic mass is 35.6. The summed E-state index contributed by atoms with van der Waals surface area (Å²) in [5, 5.41) is 2.58. The number of carbonyl (C=O) groups excluding carboxylic acids is 2. The summed E-state index contributed by atoms with van der Waals surface area (Å²) in [6.07, 6.45) is 2.13. The number of nitrogens with zero attached hydrogens (tertiary/aromatic N) is 1. The van der Waals surface area contributed by atoms with E-state index in [-0.39, 0.29) is 18.2 Å². The maximum absolute atomic E-state index is 13.0. The third-order valence-corrected chi connectivity index (χ3v) is 7.42. The molecule has 12 heteroatoms. The molecule has 38 heavy (non-hydrogen) atoms. The van der Waals surface area contributed by atoms with Crippen molar-refractivity contribution in [2.45, 2.75) is 36.2 Å². The van der Waals surface area contributed by atoms with Crippen LogP contribution in [-0.4, -0.2) is 51.8 Å². The Hall–Kier alpha value is -2.17. The van der Waals surface area contributed by atoms with Crippen LogP contribution in [0.2, 0.25) is 0 Å². The van der Waals surface area contributed by atoms with Crippen LogP contribution >= 0.6 is 58.8 Å². The number of hydrogen-bond acceptors (Lipinski definition) is 7. The van der Waals surface area contributed by atoms with Gasteiger partial charge in [-0.15, -0.1) is 0 Å². The fourth-order valence-corrected chi connectivity index (χ4v) is 5.13. The first-order valence-electron chi connectivity index (χ1n) is 11.6. The second-order valence-corrected chi connectivity index (χ2v) is 12.2. The highest BCUT2D eigenvalue weighted by Crippen LogP contribution is 2.35. The Kier molecular flexibility index (Phi) is 11.0. The Morgan fingerprint density at radius 3 is 2.42 bits per heavy atom. The first kappa shape index (κ1) is 30.4. The maximum atomic E-state index is 13.0. The third-order valence-electron chi connectivity index (χ3n) is 5.44. The highest BCUT2D eigenvalue weighted by Gasteiger charge is 2.36. The van der Waals surface area contributed by atoms with E-state index in [4.69, 9.17) is 61.2 Å². The van der Waals surface area contributed by atoms with Crippen LogP contribution in [0.3, 0.4) is 0 Å². The van der Waals surface area contributed by atoms with Crippen molar-refractivity contribution < 1.29 is 23.8 Å². The van der Waals surface area contributed by atoms with E-state index in [2.05, 4.69) is 5.32 Å². The molecule has 2 aromatic carbocycles. The summed E-state index contributed by atoms with van der Waals surface area (Å²) in [7, 11) is 3.16. The number of benzene rings is 2. The Morgan fingerprint density at radius 2 is 1.82 bits per heavy atom. The Balaban J connectivity index is 1.65. The van der Waals surface area contributed by atoms with Crippen molar-refractivity contribution in [1.82, 2.24) is 10.2 Å². The smallest absolute Gasteiger partial charge is 0.266 e. The van der Waals surface area contributed by atoms with E-state index in [1.54, 1.807) is 49.5 Å². The molecule has 0 unspecified atom stereocenters. The number of rotatable bonds is 11. The number of methoxy groups -OCH3 is 2. The van der Waals surface area contributed by atoms with Crippen LogP contribution in [0.15, 0.2) is 47.4 Å². The standard InChI is InChI=1S/C26H27Cl3N2O5S2/c1-4-5-22(32)30-24(26(27,28)29)36-18-9-6-16(7-10-18)15-21-23(33)31(25(37)38-21)13-12-17-8-11-19(34-2)20(14-17)35-3/h6-11,14-15,24H,4-5,12-13H2,1-3H3,(H,30,32)/b21-15-/t24-/m1/s1. The van der Waals surface area contributed by atoms with Gasteiger partial charge in [-0.2, -0.15) is 0 Å². The van der Waals surface area contributed by atoms with Crippen molar-refractivity contribution in [2.24, 2.45) is 0 Å². The van der Waals surface area contributed by atoms with Gasteiger partial charge in [0.05, 0.1) is 19.1 Å². The van der Waals surface area contributed by atoms with Gasteiger partial charge in [0.2, 0.25) is 15.9 Å². The van der Waals surface area contributed by atoms with Gasteiger partial charge in [-0.3, -0.25) is 14.5 Å². The number of thiocarbonyl (C=S) groups is 1. The van der Waals surface area contributed by atoms with Crippen LogP contribution in [-0.2, 0) is 16.0 Å². The molecular formula is C26H27Cl3N2O5S2. The lowest BCUT2D eigenvalue weighted by Crippen LogP contribution is -2.47. The molecule has 1 saturated heterocycles. The summed E-state index contributed by atoms with van der Waals surface area (Å²) >= 11 is 24.7. The normalized spacial score (nSPS) is 15.5. The molecular weight excluding hydrogens is 591 g/mol. The Morgan fingerprint density at radius 1 is 1.13 bits per heavy atom. The van der Waals surface area contributed by atoms with E-state index in [0.29, 0.717) is 45.9 Å². The quantitative estimate of drug-likeness (QED) is 0.141. The van der Waals surface area contributed by atoms with Gasteiger partial charge < -0.3 is 19.5 Å². The first-order valence-corrected chi connectivity index (χ1v) is 14.0. The summed E-state index contributed by atoms with van der Waals surface area (Å²) in [6.45, 7) is 2.31. The largest absolute Gasteiger partial charge is 0.493 e. The third kappa shape index (κ3) is 8.16. The molecule has 0 aliphatic carbocycles. The van der Waals surface area contributed by atoms with Gasteiger partial charge in [0.25, 0.3) is 5.91 Å². The van der Waals surface area contributed by atoms with Gasteiger partial charge in [0, 0.05) is 13.0 Å². The number of hydrogen-bond donors (Lipinski definition) is 1. The lowest BCUT2D eigenvalue weighted by Gasteiger charge is -2.26. The van der Waals surface area contributed by atoms with Gasteiger partial charge in [0.1, 0.15) is 10.1 Å². The monoisotopic (exact) mass is 616 g/mol. The average molecular weight is 618 g/mol. The zero-order valence-electron chi connectivity index (χ0n) is 21.0. The molecule has 2 aromatic rings. The van der Waals surface area contributed by atoms with Gasteiger partial charge in [-0.05, 0) is 54.3 Å². The van der Waals surface area contributed by atoms with Crippen molar-refractivity contribution in [3.8, 4) is 17.2 Å². The van der Waals surface area contributed by atoms with E-state index >= 15 is 0 Å². The molecule has 0 saturated carbocycles. The van der Waals surface area contributed by atoms with Crippen molar-refractivity contribution >= 4 is 81.0 Å². The molecule has 1 atom stereocenters. The number of thioether (sulfide) groups is 1. The fourth-order valence-electron chi connectivity index (χ4n) is 3.52. The predicted octanol–water partition coefficient (Wildman–Crippen LogP) is 6.14. The van der Waals surface area contributed by atoms with E-state index in [1.807, 2.05) is 25.1 Å². The molecule has 1 fully saturated rings. The Labute approximate surface area is 246 Å². The summed E-state index contributed by atoms with van der Waals surface area (Å²) in [5.41, 5.74) is 1.76. The minimum atomic E-state index is -1.87. The zero-order valence-corrected chi connectivity index (χ0v) is 24.9. The molecule has 1 aliphatic rings. The first-order chi connectivity index (χ1) is 18.0. The van der Waals surface area contributed by atoms with Crippen LogP contribution in [0.25, 0.3) is 6.08 Å². The lowest BCUT2D eigenvalue weighted by molar-refractivity contribution is -0.124. The number of alkyl halides is 3. The van der Waals surface area contributed by atoms with Crippen molar-refractivity contribution in [2.75, 3.05) is 20.8 Å². The van der Waals surface area contributed by atoms with Crippen molar-refractivity contribution in [1.29, 1.82) is 0 Å². The molecule has 0 radical (unpaired) electrons. The number of carbonyl (C=O) groups is 2. The van der Waals surface area contributed by atoms with Gasteiger partial charge in [0.15, 0.2) is 11.5 Å². The molecule has 1 heterocycles. The number of amides is 2. The molecule has 1 N–H and O–H groups in total. The minimum Gasteiger partial charge on any atom is -0.493 e. The Bertz CT molecular complexity index is 1200. The molecule has 2 amide bonds. The summed E-state index contributed by atoms with van der Waals surface area (Å²) in [5.74, 6) is 1.22. The second-order valence-electron chi connectivity index (χ2n) is 8.20. The van der Waals surface area contributed by atoms with Crippen molar-refractivity contribution in [3.05, 3.63) is 58.5 Å². The number of ether oxygens (including phenoxy) is 3. The van der Waals surface area contributed by atoms with E-state index < -0.39 is 10.0 Å². The summed E-state index contributed by atoms with van der Waals surface area (Å²) in [6, 6.07) is 12.5. The zero-order chi connectivity index (χ0) is 27.9. The minimum absolute atomic E-state index is 0.157. The number of halogens is 3. The summed E-state index contributed by atoms with van der Waals surface area (Å²) in [4.78, 5) is 27.1. The van der Waals surface area contributed by atoms with Crippen LogP contribution in [0.4, 0.5) is 0 Å². The lowest BCUT2D eigenvalue weighted by atomic mass is 10.1. The van der Waals surface area contributed by atoms with Gasteiger partial charge in [-0.1, -0.05) is 83.9 Å². The van der Waals surface area contributed by atoms with E-state index in [9.17, 15) is 9.59 Å². The SMILES string of the molecule is CCCC(=O)N[C@H](Oc1ccc(/C=C2\SC(=S)N(CCc3ccc(OC)c(OC)c3)C2=O)cc1)C(Cl)(Cl)Cl. The van der Waals surface area contributed by atoms with E-state index in [1.165, 1.54) is 11.8 Å². The molecule has 0 bridgehead atoms. The maximum Gasteiger partial charge on any atom is 0.266 e. The highest BCUT2D eigenvalue weighted by molar-refractivity contribution is 8.26. The molecule has 204 valence electrons. The number of nitrogens with one attached hydrogen (secondary N) is 1. The average Bonchev–Trinajstić information content (AvgIpc) is 3.14.